The first kappa shape index (κ1) is 19.0. The van der Waals surface area contributed by atoms with Crippen LogP contribution >= 0.6 is 11.8 Å². The first-order valence-electron chi connectivity index (χ1n) is 9.73. The van der Waals surface area contributed by atoms with E-state index in [1.54, 1.807) is 18.7 Å². The molecule has 1 aromatic heterocycles. The Morgan fingerprint density at radius 2 is 2.00 bits per heavy atom. The van der Waals surface area contributed by atoms with Gasteiger partial charge in [0.2, 0.25) is 11.8 Å². The highest BCUT2D eigenvalue weighted by atomic mass is 32.2. The lowest BCUT2D eigenvalue weighted by Crippen LogP contribution is -2.60. The van der Waals surface area contributed by atoms with Gasteiger partial charge in [-0.3, -0.25) is 14.5 Å². The normalized spacial score (nSPS) is 19.2. The number of thioether (sulfide) groups is 1. The predicted octanol–water partition coefficient (Wildman–Crippen LogP) is 3.25. The maximum absolute atomic E-state index is 13.5. The molecular weight excluding hydrogens is 374 g/mol. The smallest absolute Gasteiger partial charge is 0.250 e. The number of aryl methyl sites for hydroxylation is 1. The van der Waals surface area contributed by atoms with Crippen molar-refractivity contribution in [1.29, 1.82) is 0 Å². The summed E-state index contributed by atoms with van der Waals surface area (Å²) in [5, 5.41) is 11.9. The second-order valence-electron chi connectivity index (χ2n) is 7.83. The van der Waals surface area contributed by atoms with Gasteiger partial charge in [0.05, 0.1) is 16.6 Å². The van der Waals surface area contributed by atoms with Gasteiger partial charge in [-0.1, -0.05) is 30.3 Å². The molecule has 0 saturated carbocycles. The van der Waals surface area contributed by atoms with Gasteiger partial charge >= 0.3 is 0 Å². The van der Waals surface area contributed by atoms with E-state index in [1.807, 2.05) is 31.2 Å². The molecule has 3 heterocycles. The van der Waals surface area contributed by atoms with E-state index in [4.69, 9.17) is 0 Å². The summed E-state index contributed by atoms with van der Waals surface area (Å²) in [6.45, 7) is 6.32. The van der Waals surface area contributed by atoms with Crippen LogP contribution in [0.3, 0.4) is 0 Å². The summed E-state index contributed by atoms with van der Waals surface area (Å²) < 4.78 is 2.14. The number of anilines is 2. The standard InChI is InChI=1S/C20H25N5O2S/c1-13(28-19-23-22-16-11-5-4-8-12-24(16)19)17(26)25-15-10-7-6-9-14(15)21-18(27)20(25,2)3/h6-7,9-10,13H,4-5,8,11-12H2,1-3H3,(H,21,27)/t13-/m1/s1. The second-order valence-corrected chi connectivity index (χ2v) is 9.13. The number of benzene rings is 1. The zero-order valence-corrected chi connectivity index (χ0v) is 17.3. The Labute approximate surface area is 168 Å². The summed E-state index contributed by atoms with van der Waals surface area (Å²) in [7, 11) is 0. The number of hydrogen-bond acceptors (Lipinski definition) is 5. The molecular formula is C20H25N5O2S. The van der Waals surface area contributed by atoms with E-state index in [0.29, 0.717) is 5.69 Å². The number of rotatable bonds is 3. The number of hydrogen-bond donors (Lipinski definition) is 1. The third-order valence-corrected chi connectivity index (χ3v) is 6.50. The van der Waals surface area contributed by atoms with E-state index in [9.17, 15) is 9.59 Å². The Kier molecular flexibility index (Phi) is 4.91. The van der Waals surface area contributed by atoms with Crippen LogP contribution in [0.2, 0.25) is 0 Å². The van der Waals surface area contributed by atoms with E-state index in [2.05, 4.69) is 20.1 Å². The Morgan fingerprint density at radius 1 is 1.21 bits per heavy atom. The molecule has 0 aliphatic carbocycles. The molecule has 4 rings (SSSR count). The van der Waals surface area contributed by atoms with Crippen molar-refractivity contribution in [2.75, 3.05) is 10.2 Å². The lowest BCUT2D eigenvalue weighted by molar-refractivity contribution is -0.126. The van der Waals surface area contributed by atoms with Crippen LogP contribution in [-0.2, 0) is 22.6 Å². The first-order valence-corrected chi connectivity index (χ1v) is 10.6. The van der Waals surface area contributed by atoms with Crippen LogP contribution in [0.5, 0.6) is 0 Å². The highest BCUT2D eigenvalue weighted by Crippen LogP contribution is 2.38. The van der Waals surface area contributed by atoms with Crippen molar-refractivity contribution < 1.29 is 9.59 Å². The lowest BCUT2D eigenvalue weighted by Gasteiger charge is -2.43. The zero-order valence-electron chi connectivity index (χ0n) is 16.4. The number of fused-ring (bicyclic) bond motifs is 2. The predicted molar refractivity (Wildman–Crippen MR) is 110 cm³/mol. The highest BCUT2D eigenvalue weighted by molar-refractivity contribution is 8.00. The minimum Gasteiger partial charge on any atom is -0.322 e. The number of carbonyl (C=O) groups excluding carboxylic acids is 2. The van der Waals surface area contributed by atoms with Crippen molar-refractivity contribution in [2.24, 2.45) is 0 Å². The molecule has 8 heteroatoms. The number of nitrogens with one attached hydrogen (secondary N) is 1. The number of para-hydroxylation sites is 2. The molecule has 148 valence electrons. The second kappa shape index (κ2) is 7.24. The van der Waals surface area contributed by atoms with Gasteiger partial charge in [-0.15, -0.1) is 10.2 Å². The number of aromatic nitrogens is 3. The zero-order chi connectivity index (χ0) is 19.9. The molecule has 28 heavy (non-hydrogen) atoms. The van der Waals surface area contributed by atoms with Gasteiger partial charge in [0.15, 0.2) is 5.16 Å². The first-order chi connectivity index (χ1) is 13.4. The molecule has 0 bridgehead atoms. The highest BCUT2D eigenvalue weighted by Gasteiger charge is 2.45. The quantitative estimate of drug-likeness (QED) is 0.802. The minimum absolute atomic E-state index is 0.108. The minimum atomic E-state index is -0.970. The SMILES string of the molecule is C[C@@H](Sc1nnc2n1CCCCC2)C(=O)N1c2ccccc2NC(=O)C1(C)C. The molecule has 0 spiro atoms. The van der Waals surface area contributed by atoms with Gasteiger partial charge in [-0.2, -0.15) is 0 Å². The maximum Gasteiger partial charge on any atom is 0.250 e. The molecule has 2 amide bonds. The number of amides is 2. The molecule has 0 radical (unpaired) electrons. The summed E-state index contributed by atoms with van der Waals surface area (Å²) in [5.74, 6) is 0.707. The van der Waals surface area contributed by atoms with Crippen molar-refractivity contribution in [3.63, 3.8) is 0 Å². The lowest BCUT2D eigenvalue weighted by atomic mass is 9.96. The molecule has 2 aliphatic heterocycles. The average molecular weight is 400 g/mol. The van der Waals surface area contributed by atoms with Crippen LogP contribution < -0.4 is 10.2 Å². The molecule has 0 fully saturated rings. The molecule has 1 N–H and O–H groups in total. The molecule has 2 aliphatic rings. The summed E-state index contributed by atoms with van der Waals surface area (Å²) in [5.41, 5.74) is 0.417. The van der Waals surface area contributed by atoms with E-state index in [1.165, 1.54) is 18.2 Å². The fourth-order valence-corrected chi connectivity index (χ4v) is 4.72. The van der Waals surface area contributed by atoms with Crippen molar-refractivity contribution >= 4 is 35.0 Å². The van der Waals surface area contributed by atoms with Crippen LogP contribution in [0.1, 0.15) is 45.9 Å². The molecule has 0 unspecified atom stereocenters. The van der Waals surface area contributed by atoms with Gasteiger partial charge in [0.25, 0.3) is 0 Å². The Balaban J connectivity index is 1.62. The molecule has 2 aromatic rings. The molecule has 7 nitrogen and oxygen atoms in total. The third-order valence-electron chi connectivity index (χ3n) is 5.43. The summed E-state index contributed by atoms with van der Waals surface area (Å²) >= 11 is 1.42. The summed E-state index contributed by atoms with van der Waals surface area (Å²) in [4.78, 5) is 27.7. The van der Waals surface area contributed by atoms with E-state index in [-0.39, 0.29) is 11.8 Å². The largest absolute Gasteiger partial charge is 0.322 e. The van der Waals surface area contributed by atoms with Gasteiger partial charge in [-0.05, 0) is 45.7 Å². The molecule has 1 aromatic carbocycles. The van der Waals surface area contributed by atoms with E-state index in [0.717, 1.165) is 42.5 Å². The monoisotopic (exact) mass is 399 g/mol. The summed E-state index contributed by atoms with van der Waals surface area (Å²) in [6.07, 6.45) is 4.36. The van der Waals surface area contributed by atoms with Crippen LogP contribution in [0, 0.1) is 0 Å². The van der Waals surface area contributed by atoms with Crippen LogP contribution in [-0.4, -0.2) is 37.4 Å². The van der Waals surface area contributed by atoms with Gasteiger partial charge < -0.3 is 9.88 Å². The fraction of sp³-hybridized carbons (Fsp3) is 0.500. The van der Waals surface area contributed by atoms with Crippen LogP contribution in [0.25, 0.3) is 0 Å². The third kappa shape index (κ3) is 3.19. The van der Waals surface area contributed by atoms with Crippen molar-refractivity contribution in [3.05, 3.63) is 30.1 Å². The number of carbonyl (C=O) groups is 2. The van der Waals surface area contributed by atoms with Gasteiger partial charge in [0.1, 0.15) is 11.4 Å². The maximum atomic E-state index is 13.5. The summed E-state index contributed by atoms with van der Waals surface area (Å²) in [6, 6.07) is 7.42. The van der Waals surface area contributed by atoms with Crippen molar-refractivity contribution in [1.82, 2.24) is 14.8 Å². The van der Waals surface area contributed by atoms with Crippen molar-refractivity contribution in [3.8, 4) is 0 Å². The number of nitrogens with zero attached hydrogens (tertiary/aromatic N) is 4. The van der Waals surface area contributed by atoms with Crippen LogP contribution in [0.4, 0.5) is 11.4 Å². The Bertz CT molecular complexity index is 923. The van der Waals surface area contributed by atoms with Gasteiger partial charge in [0, 0.05) is 13.0 Å². The van der Waals surface area contributed by atoms with Crippen LogP contribution in [0.15, 0.2) is 29.4 Å². The average Bonchev–Trinajstić information content (AvgIpc) is 2.88. The fourth-order valence-electron chi connectivity index (χ4n) is 3.78. The molecule has 0 saturated heterocycles. The molecule has 1 atom stereocenters. The van der Waals surface area contributed by atoms with Gasteiger partial charge in [-0.25, -0.2) is 0 Å². The van der Waals surface area contributed by atoms with E-state index < -0.39 is 10.8 Å². The Hall–Kier alpha value is -2.35. The Morgan fingerprint density at radius 3 is 2.82 bits per heavy atom. The van der Waals surface area contributed by atoms with Crippen molar-refractivity contribution in [2.45, 2.75) is 68.9 Å². The topological polar surface area (TPSA) is 80.1 Å². The van der Waals surface area contributed by atoms with E-state index >= 15 is 0 Å².